The molecule has 0 aliphatic carbocycles. The number of fused-ring (bicyclic) bond motifs is 1. The van der Waals surface area contributed by atoms with Crippen LogP contribution in [0.3, 0.4) is 0 Å². The van der Waals surface area contributed by atoms with Crippen LogP contribution < -0.4 is 5.32 Å². The molecular weight excluding hydrogens is 284 g/mol. The third-order valence-corrected chi connectivity index (χ3v) is 4.92. The van der Waals surface area contributed by atoms with Gasteiger partial charge in [-0.3, -0.25) is 4.79 Å². The Balaban J connectivity index is 2.12. The van der Waals surface area contributed by atoms with Gasteiger partial charge >= 0.3 is 6.03 Å². The normalized spacial score (nSPS) is 24.6. The van der Waals surface area contributed by atoms with Crippen molar-refractivity contribution in [3.05, 3.63) is 35.5 Å². The molecule has 0 saturated carbocycles. The molecule has 0 spiro atoms. The van der Waals surface area contributed by atoms with Crippen LogP contribution in [0.2, 0.25) is 0 Å². The maximum atomic E-state index is 12.4. The molecule has 3 rings (SSSR count). The summed E-state index contributed by atoms with van der Waals surface area (Å²) in [6, 6.07) is 7.83. The Labute approximate surface area is 128 Å². The highest BCUT2D eigenvalue weighted by atomic mass is 32.2. The topological polar surface area (TPSA) is 49.4 Å². The quantitative estimate of drug-likeness (QED) is 0.873. The first-order valence-corrected chi connectivity index (χ1v) is 8.33. The number of thioether (sulfide) groups is 1. The molecule has 5 heteroatoms. The summed E-state index contributed by atoms with van der Waals surface area (Å²) in [6.45, 7) is 3.90. The molecule has 2 unspecified atom stereocenters. The molecule has 1 aromatic carbocycles. The number of carbonyl (C=O) groups is 2. The lowest BCUT2D eigenvalue weighted by Crippen LogP contribution is -2.33. The molecule has 21 heavy (non-hydrogen) atoms. The Morgan fingerprint density at radius 1 is 1.24 bits per heavy atom. The van der Waals surface area contributed by atoms with Crippen LogP contribution in [0.4, 0.5) is 4.79 Å². The van der Waals surface area contributed by atoms with Gasteiger partial charge in [0.05, 0.1) is 17.7 Å². The standard InChI is InChI=1S/C16H18N2O2S/c1-4-12-14-13(10-5-7-11(21-3)8-6-10)9(2)15(19)18(14)16(20)17-12/h5-9,12H,4H2,1-3H3,(H,17,20). The summed E-state index contributed by atoms with van der Waals surface area (Å²) in [4.78, 5) is 26.9. The molecular formula is C16H18N2O2S. The monoisotopic (exact) mass is 302 g/mol. The van der Waals surface area contributed by atoms with Crippen molar-refractivity contribution in [2.24, 2.45) is 5.92 Å². The average Bonchev–Trinajstić information content (AvgIpc) is 2.96. The molecule has 1 saturated heterocycles. The predicted octanol–water partition coefficient (Wildman–Crippen LogP) is 3.10. The smallest absolute Gasteiger partial charge is 0.329 e. The van der Waals surface area contributed by atoms with Crippen molar-refractivity contribution in [2.75, 3.05) is 6.26 Å². The molecule has 2 aliphatic rings. The van der Waals surface area contributed by atoms with Crippen LogP contribution in [0, 0.1) is 5.92 Å². The number of imide groups is 1. The van der Waals surface area contributed by atoms with Gasteiger partial charge in [0.15, 0.2) is 0 Å². The van der Waals surface area contributed by atoms with Crippen LogP contribution in [-0.2, 0) is 4.79 Å². The van der Waals surface area contributed by atoms with E-state index in [0.717, 1.165) is 23.3 Å². The summed E-state index contributed by atoms with van der Waals surface area (Å²) >= 11 is 1.69. The van der Waals surface area contributed by atoms with E-state index in [1.165, 1.54) is 9.80 Å². The maximum Gasteiger partial charge on any atom is 0.329 e. The molecule has 3 amide bonds. The molecule has 1 fully saturated rings. The van der Waals surface area contributed by atoms with Crippen molar-refractivity contribution in [1.82, 2.24) is 10.2 Å². The minimum Gasteiger partial charge on any atom is -0.329 e. The second-order valence-electron chi connectivity index (χ2n) is 5.33. The van der Waals surface area contributed by atoms with E-state index in [0.29, 0.717) is 0 Å². The van der Waals surface area contributed by atoms with E-state index in [2.05, 4.69) is 17.4 Å². The maximum absolute atomic E-state index is 12.4. The highest BCUT2D eigenvalue weighted by Crippen LogP contribution is 2.41. The van der Waals surface area contributed by atoms with E-state index in [4.69, 9.17) is 0 Å². The lowest BCUT2D eigenvalue weighted by atomic mass is 9.92. The van der Waals surface area contributed by atoms with Gasteiger partial charge in [-0.1, -0.05) is 19.1 Å². The summed E-state index contributed by atoms with van der Waals surface area (Å²) in [5.74, 6) is -0.386. The van der Waals surface area contributed by atoms with Crippen molar-refractivity contribution in [1.29, 1.82) is 0 Å². The third-order valence-electron chi connectivity index (χ3n) is 4.18. The van der Waals surface area contributed by atoms with Gasteiger partial charge in [-0.15, -0.1) is 11.8 Å². The lowest BCUT2D eigenvalue weighted by molar-refractivity contribution is -0.127. The van der Waals surface area contributed by atoms with E-state index >= 15 is 0 Å². The van der Waals surface area contributed by atoms with Gasteiger partial charge in [0.2, 0.25) is 5.91 Å². The molecule has 2 atom stereocenters. The number of nitrogens with zero attached hydrogens (tertiary/aromatic N) is 1. The number of hydrogen-bond donors (Lipinski definition) is 1. The fraction of sp³-hybridized carbons (Fsp3) is 0.375. The van der Waals surface area contributed by atoms with Crippen LogP contribution in [0.15, 0.2) is 34.9 Å². The number of benzene rings is 1. The molecule has 4 nitrogen and oxygen atoms in total. The molecule has 0 bridgehead atoms. The summed E-state index contributed by atoms with van der Waals surface area (Å²) in [5, 5.41) is 2.88. The number of nitrogens with one attached hydrogen (secondary N) is 1. The first-order valence-electron chi connectivity index (χ1n) is 7.11. The Kier molecular flexibility index (Phi) is 3.53. The molecule has 110 valence electrons. The van der Waals surface area contributed by atoms with Gasteiger partial charge in [-0.2, -0.15) is 0 Å². The largest absolute Gasteiger partial charge is 0.329 e. The van der Waals surface area contributed by atoms with E-state index in [1.807, 2.05) is 32.2 Å². The molecule has 2 heterocycles. The minimum atomic E-state index is -0.288. The molecule has 2 aliphatic heterocycles. The molecule has 0 aromatic heterocycles. The zero-order valence-corrected chi connectivity index (χ0v) is 13.2. The second kappa shape index (κ2) is 5.22. The van der Waals surface area contributed by atoms with Crippen molar-refractivity contribution >= 4 is 29.3 Å². The van der Waals surface area contributed by atoms with Gasteiger partial charge in [0, 0.05) is 4.90 Å². The van der Waals surface area contributed by atoms with Crippen molar-refractivity contribution in [3.63, 3.8) is 0 Å². The van der Waals surface area contributed by atoms with Crippen LogP contribution in [-0.4, -0.2) is 29.1 Å². The highest BCUT2D eigenvalue weighted by molar-refractivity contribution is 7.98. The Morgan fingerprint density at radius 3 is 2.48 bits per heavy atom. The van der Waals surface area contributed by atoms with E-state index in [9.17, 15) is 9.59 Å². The van der Waals surface area contributed by atoms with E-state index in [1.54, 1.807) is 11.8 Å². The van der Waals surface area contributed by atoms with Crippen molar-refractivity contribution < 1.29 is 9.59 Å². The van der Waals surface area contributed by atoms with Crippen molar-refractivity contribution in [2.45, 2.75) is 31.2 Å². The SMILES string of the molecule is CCC1NC(=O)N2C(=O)C(C)C(c3ccc(SC)cc3)=C12. The Hall–Kier alpha value is -1.75. The molecule has 1 N–H and O–H groups in total. The number of amides is 3. The number of carbonyl (C=O) groups excluding carboxylic acids is 2. The van der Waals surface area contributed by atoms with Gasteiger partial charge in [0.1, 0.15) is 0 Å². The summed E-state index contributed by atoms with van der Waals surface area (Å²) in [6.07, 6.45) is 2.82. The van der Waals surface area contributed by atoms with Crippen LogP contribution >= 0.6 is 11.8 Å². The van der Waals surface area contributed by atoms with Gasteiger partial charge < -0.3 is 5.32 Å². The Morgan fingerprint density at radius 2 is 1.90 bits per heavy atom. The highest BCUT2D eigenvalue weighted by Gasteiger charge is 2.48. The average molecular weight is 302 g/mol. The van der Waals surface area contributed by atoms with E-state index in [-0.39, 0.29) is 23.9 Å². The summed E-state index contributed by atoms with van der Waals surface area (Å²) in [5.41, 5.74) is 2.86. The molecule has 0 radical (unpaired) electrons. The number of rotatable bonds is 3. The van der Waals surface area contributed by atoms with Gasteiger partial charge in [0.25, 0.3) is 0 Å². The zero-order chi connectivity index (χ0) is 15.1. The van der Waals surface area contributed by atoms with Crippen LogP contribution in [0.5, 0.6) is 0 Å². The Bertz CT molecular complexity index is 636. The number of urea groups is 1. The predicted molar refractivity (Wildman–Crippen MR) is 83.8 cm³/mol. The number of hydrogen-bond acceptors (Lipinski definition) is 3. The molecule has 1 aromatic rings. The van der Waals surface area contributed by atoms with Crippen LogP contribution in [0.1, 0.15) is 25.8 Å². The van der Waals surface area contributed by atoms with E-state index < -0.39 is 0 Å². The fourth-order valence-corrected chi connectivity index (χ4v) is 3.49. The zero-order valence-electron chi connectivity index (χ0n) is 12.3. The first kappa shape index (κ1) is 14.2. The third kappa shape index (κ3) is 2.07. The van der Waals surface area contributed by atoms with Crippen molar-refractivity contribution in [3.8, 4) is 0 Å². The van der Waals surface area contributed by atoms with Gasteiger partial charge in [-0.25, -0.2) is 9.69 Å². The minimum absolute atomic E-state index is 0.0679. The van der Waals surface area contributed by atoms with Gasteiger partial charge in [-0.05, 0) is 42.9 Å². The first-order chi connectivity index (χ1) is 10.1. The summed E-state index contributed by atoms with van der Waals surface area (Å²) in [7, 11) is 0. The summed E-state index contributed by atoms with van der Waals surface area (Å²) < 4.78 is 0. The lowest BCUT2D eigenvalue weighted by Gasteiger charge is -2.13. The second-order valence-corrected chi connectivity index (χ2v) is 6.21. The van der Waals surface area contributed by atoms with Crippen LogP contribution in [0.25, 0.3) is 5.57 Å². The fourth-order valence-electron chi connectivity index (χ4n) is 3.08.